The van der Waals surface area contributed by atoms with E-state index in [0.717, 1.165) is 30.7 Å². The summed E-state index contributed by atoms with van der Waals surface area (Å²) >= 11 is 0. The molecule has 2 rings (SSSR count). The summed E-state index contributed by atoms with van der Waals surface area (Å²) in [6, 6.07) is 4.93. The lowest BCUT2D eigenvalue weighted by Crippen LogP contribution is -2.31. The molecule has 3 heteroatoms. The van der Waals surface area contributed by atoms with Crippen LogP contribution < -0.4 is 5.32 Å². The van der Waals surface area contributed by atoms with E-state index in [2.05, 4.69) is 5.32 Å². The number of hydrogen-bond acceptors (Lipinski definition) is 2. The molecule has 0 bridgehead atoms. The Labute approximate surface area is 102 Å². The number of benzene rings is 1. The first-order valence-corrected chi connectivity index (χ1v) is 6.33. The fourth-order valence-corrected chi connectivity index (χ4v) is 2.17. The molecule has 1 N–H and O–H groups in total. The van der Waals surface area contributed by atoms with Crippen molar-refractivity contribution >= 4 is 0 Å². The molecule has 0 aromatic heterocycles. The maximum Gasteiger partial charge on any atom is 0.123 e. The van der Waals surface area contributed by atoms with E-state index in [1.54, 1.807) is 6.07 Å². The summed E-state index contributed by atoms with van der Waals surface area (Å²) in [4.78, 5) is 0. The molecule has 17 heavy (non-hydrogen) atoms. The maximum absolute atomic E-state index is 13.1. The summed E-state index contributed by atoms with van der Waals surface area (Å²) in [5, 5.41) is 3.35. The molecule has 0 spiro atoms. The summed E-state index contributed by atoms with van der Waals surface area (Å²) < 4.78 is 18.7. The zero-order valence-electron chi connectivity index (χ0n) is 10.3. The second-order valence-corrected chi connectivity index (χ2v) is 4.69. The Hall–Kier alpha value is -0.930. The van der Waals surface area contributed by atoms with E-state index in [0.29, 0.717) is 12.6 Å². The third kappa shape index (κ3) is 3.79. The Morgan fingerprint density at radius 2 is 2.29 bits per heavy atom. The first-order chi connectivity index (χ1) is 8.25. The molecular weight excluding hydrogens is 217 g/mol. The van der Waals surface area contributed by atoms with Gasteiger partial charge in [-0.15, -0.1) is 0 Å². The SMILES string of the molecule is Cc1ccc(F)cc1CNCC1CCCCO1. The van der Waals surface area contributed by atoms with E-state index in [-0.39, 0.29) is 5.82 Å². The molecule has 1 heterocycles. The zero-order chi connectivity index (χ0) is 12.1. The normalized spacial score (nSPS) is 20.5. The van der Waals surface area contributed by atoms with Crippen LogP contribution in [0.3, 0.4) is 0 Å². The molecule has 1 aromatic carbocycles. The summed E-state index contributed by atoms with van der Waals surface area (Å²) in [6.07, 6.45) is 3.90. The van der Waals surface area contributed by atoms with E-state index in [1.807, 2.05) is 13.0 Å². The van der Waals surface area contributed by atoms with Gasteiger partial charge in [0.15, 0.2) is 0 Å². The molecular formula is C14H20FNO. The molecule has 1 aliphatic heterocycles. The van der Waals surface area contributed by atoms with Gasteiger partial charge in [-0.25, -0.2) is 4.39 Å². The quantitative estimate of drug-likeness (QED) is 0.869. The highest BCUT2D eigenvalue weighted by Gasteiger charge is 2.13. The first kappa shape index (κ1) is 12.5. The smallest absolute Gasteiger partial charge is 0.123 e. The summed E-state index contributed by atoms with van der Waals surface area (Å²) in [5.41, 5.74) is 2.16. The summed E-state index contributed by atoms with van der Waals surface area (Å²) in [5.74, 6) is -0.165. The minimum absolute atomic E-state index is 0.165. The molecule has 0 aliphatic carbocycles. The van der Waals surface area contributed by atoms with E-state index < -0.39 is 0 Å². The largest absolute Gasteiger partial charge is 0.377 e. The van der Waals surface area contributed by atoms with E-state index >= 15 is 0 Å². The van der Waals surface area contributed by atoms with Crippen molar-refractivity contribution in [3.05, 3.63) is 35.1 Å². The van der Waals surface area contributed by atoms with Gasteiger partial charge in [-0.3, -0.25) is 0 Å². The number of nitrogens with one attached hydrogen (secondary N) is 1. The lowest BCUT2D eigenvalue weighted by atomic mass is 10.1. The summed E-state index contributed by atoms with van der Waals surface area (Å²) in [6.45, 7) is 4.46. The first-order valence-electron chi connectivity index (χ1n) is 6.33. The molecule has 0 radical (unpaired) electrons. The molecule has 1 fully saturated rings. The summed E-state index contributed by atoms with van der Waals surface area (Å²) in [7, 11) is 0. The van der Waals surface area contributed by atoms with Crippen molar-refractivity contribution in [2.75, 3.05) is 13.2 Å². The lowest BCUT2D eigenvalue weighted by Gasteiger charge is -2.23. The fraction of sp³-hybridized carbons (Fsp3) is 0.571. The standard InChI is InChI=1S/C14H20FNO/c1-11-5-6-13(15)8-12(11)9-16-10-14-4-2-3-7-17-14/h5-6,8,14,16H,2-4,7,9-10H2,1H3. The molecule has 1 saturated heterocycles. The van der Waals surface area contributed by atoms with Gasteiger partial charge in [0.25, 0.3) is 0 Å². The van der Waals surface area contributed by atoms with Crippen LogP contribution >= 0.6 is 0 Å². The Morgan fingerprint density at radius 1 is 1.41 bits per heavy atom. The molecule has 94 valence electrons. The molecule has 1 atom stereocenters. The molecule has 2 nitrogen and oxygen atoms in total. The fourth-order valence-electron chi connectivity index (χ4n) is 2.17. The zero-order valence-corrected chi connectivity index (χ0v) is 10.3. The average molecular weight is 237 g/mol. The van der Waals surface area contributed by atoms with Crippen molar-refractivity contribution in [2.45, 2.75) is 38.8 Å². The topological polar surface area (TPSA) is 21.3 Å². The van der Waals surface area contributed by atoms with Crippen LogP contribution in [0.2, 0.25) is 0 Å². The Bertz CT molecular complexity index is 361. The van der Waals surface area contributed by atoms with Crippen LogP contribution in [0.5, 0.6) is 0 Å². The molecule has 0 amide bonds. The molecule has 1 aromatic rings. The van der Waals surface area contributed by atoms with Crippen LogP contribution in [0.1, 0.15) is 30.4 Å². The highest BCUT2D eigenvalue weighted by Crippen LogP contribution is 2.13. The lowest BCUT2D eigenvalue weighted by molar-refractivity contribution is 0.0168. The van der Waals surface area contributed by atoms with Crippen LogP contribution in [0.4, 0.5) is 4.39 Å². The van der Waals surface area contributed by atoms with Crippen LogP contribution in [-0.2, 0) is 11.3 Å². The van der Waals surface area contributed by atoms with Gasteiger partial charge in [-0.05, 0) is 49.4 Å². The number of halogens is 1. The maximum atomic E-state index is 13.1. The number of rotatable bonds is 4. The highest BCUT2D eigenvalue weighted by molar-refractivity contribution is 5.26. The minimum atomic E-state index is -0.165. The Balaban J connectivity index is 1.79. The predicted octanol–water partition coefficient (Wildman–Crippen LogP) is 2.79. The number of ether oxygens (including phenoxy) is 1. The highest BCUT2D eigenvalue weighted by atomic mass is 19.1. The second-order valence-electron chi connectivity index (χ2n) is 4.69. The van der Waals surface area contributed by atoms with E-state index in [4.69, 9.17) is 4.74 Å². The van der Waals surface area contributed by atoms with Gasteiger partial charge in [-0.1, -0.05) is 6.07 Å². The monoisotopic (exact) mass is 237 g/mol. The third-order valence-corrected chi connectivity index (χ3v) is 3.27. The molecule has 1 aliphatic rings. The van der Waals surface area contributed by atoms with Gasteiger partial charge in [0.05, 0.1) is 6.10 Å². The number of hydrogen-bond donors (Lipinski definition) is 1. The Kier molecular flexibility index (Phi) is 4.51. The predicted molar refractivity (Wildman–Crippen MR) is 66.4 cm³/mol. The van der Waals surface area contributed by atoms with Gasteiger partial charge >= 0.3 is 0 Å². The van der Waals surface area contributed by atoms with Crippen LogP contribution in [0.25, 0.3) is 0 Å². The van der Waals surface area contributed by atoms with Crippen molar-refractivity contribution in [3.63, 3.8) is 0 Å². The minimum Gasteiger partial charge on any atom is -0.377 e. The van der Waals surface area contributed by atoms with Crippen molar-refractivity contribution in [3.8, 4) is 0 Å². The van der Waals surface area contributed by atoms with Crippen molar-refractivity contribution < 1.29 is 9.13 Å². The van der Waals surface area contributed by atoms with Crippen LogP contribution in [0, 0.1) is 12.7 Å². The van der Waals surface area contributed by atoms with Crippen LogP contribution in [0.15, 0.2) is 18.2 Å². The van der Waals surface area contributed by atoms with E-state index in [9.17, 15) is 4.39 Å². The van der Waals surface area contributed by atoms with Gasteiger partial charge in [0, 0.05) is 19.7 Å². The van der Waals surface area contributed by atoms with E-state index in [1.165, 1.54) is 18.9 Å². The molecule has 1 unspecified atom stereocenters. The van der Waals surface area contributed by atoms with Gasteiger partial charge in [0.1, 0.15) is 5.82 Å². The van der Waals surface area contributed by atoms with Gasteiger partial charge < -0.3 is 10.1 Å². The average Bonchev–Trinajstić information content (AvgIpc) is 2.35. The Morgan fingerprint density at radius 3 is 3.06 bits per heavy atom. The van der Waals surface area contributed by atoms with Crippen molar-refractivity contribution in [1.29, 1.82) is 0 Å². The van der Waals surface area contributed by atoms with Crippen molar-refractivity contribution in [2.24, 2.45) is 0 Å². The van der Waals surface area contributed by atoms with Crippen LogP contribution in [-0.4, -0.2) is 19.3 Å². The number of aryl methyl sites for hydroxylation is 1. The second kappa shape index (κ2) is 6.12. The third-order valence-electron chi connectivity index (χ3n) is 3.27. The van der Waals surface area contributed by atoms with Crippen molar-refractivity contribution in [1.82, 2.24) is 5.32 Å². The molecule has 0 saturated carbocycles. The van der Waals surface area contributed by atoms with Gasteiger partial charge in [0.2, 0.25) is 0 Å². The van der Waals surface area contributed by atoms with Gasteiger partial charge in [-0.2, -0.15) is 0 Å².